The highest BCUT2D eigenvalue weighted by Crippen LogP contribution is 2.27. The van der Waals surface area contributed by atoms with Crippen molar-refractivity contribution in [2.24, 2.45) is 0 Å². The summed E-state index contributed by atoms with van der Waals surface area (Å²) < 4.78 is 39.5. The van der Waals surface area contributed by atoms with E-state index in [4.69, 9.17) is 9.47 Å². The van der Waals surface area contributed by atoms with Crippen LogP contribution in [0.1, 0.15) is 17.3 Å². The number of hydrogen-bond acceptors (Lipinski definition) is 6. The first kappa shape index (κ1) is 21.8. The van der Waals surface area contributed by atoms with Gasteiger partial charge in [0, 0.05) is 24.5 Å². The number of pyridine rings is 2. The second kappa shape index (κ2) is 8.99. The maximum Gasteiger partial charge on any atom is 0.418 e. The highest BCUT2D eigenvalue weighted by molar-refractivity contribution is 5.93. The van der Waals surface area contributed by atoms with E-state index in [0.717, 1.165) is 16.7 Å². The summed E-state index contributed by atoms with van der Waals surface area (Å²) in [5.41, 5.74) is -0.323. The molecule has 9 heteroatoms. The molecule has 2 aromatic carbocycles. The van der Waals surface area contributed by atoms with Crippen molar-refractivity contribution in [1.82, 2.24) is 9.55 Å². The normalized spacial score (nSPS) is 10.8. The lowest BCUT2D eigenvalue weighted by Crippen LogP contribution is -2.21. The lowest BCUT2D eigenvalue weighted by atomic mass is 10.1. The number of fused-ring (bicyclic) bond motifs is 1. The summed E-state index contributed by atoms with van der Waals surface area (Å²) in [4.78, 5) is 41.3. The van der Waals surface area contributed by atoms with E-state index in [9.17, 15) is 23.2 Å². The summed E-state index contributed by atoms with van der Waals surface area (Å²) in [6.45, 7) is 1.59. The molecule has 0 aliphatic heterocycles. The fraction of sp³-hybridized carbons (Fsp3) is 0.0833. The van der Waals surface area contributed by atoms with Crippen molar-refractivity contribution in [2.45, 2.75) is 6.92 Å². The van der Waals surface area contributed by atoms with Gasteiger partial charge in [-0.25, -0.2) is 22.9 Å². The van der Waals surface area contributed by atoms with Crippen LogP contribution >= 0.6 is 0 Å². The summed E-state index contributed by atoms with van der Waals surface area (Å²) in [6.07, 6.45) is 1.98. The van der Waals surface area contributed by atoms with Crippen LogP contribution in [0.2, 0.25) is 0 Å². The lowest BCUT2D eigenvalue weighted by Gasteiger charge is -2.16. The van der Waals surface area contributed by atoms with Gasteiger partial charge in [0.15, 0.2) is 5.43 Å². The van der Waals surface area contributed by atoms with Gasteiger partial charge in [-0.15, -0.1) is 0 Å². The number of esters is 1. The Labute approximate surface area is 185 Å². The molecule has 33 heavy (non-hydrogen) atoms. The second-order valence-corrected chi connectivity index (χ2v) is 6.87. The third kappa shape index (κ3) is 4.33. The van der Waals surface area contributed by atoms with Gasteiger partial charge in [-0.1, -0.05) is 0 Å². The number of benzene rings is 2. The summed E-state index contributed by atoms with van der Waals surface area (Å²) in [6, 6.07) is 11.6. The van der Waals surface area contributed by atoms with Gasteiger partial charge in [0.1, 0.15) is 17.4 Å². The molecule has 0 bridgehead atoms. The fourth-order valence-electron chi connectivity index (χ4n) is 3.31. The van der Waals surface area contributed by atoms with Gasteiger partial charge >= 0.3 is 12.1 Å². The van der Waals surface area contributed by atoms with E-state index >= 15 is 0 Å². The second-order valence-electron chi connectivity index (χ2n) is 6.87. The average molecular weight is 450 g/mol. The van der Waals surface area contributed by atoms with Crippen molar-refractivity contribution in [3.63, 3.8) is 0 Å². The van der Waals surface area contributed by atoms with Crippen LogP contribution in [0.15, 0.2) is 71.8 Å². The Kier molecular flexibility index (Phi) is 5.95. The zero-order chi connectivity index (χ0) is 23.5. The number of hydrogen-bond donors (Lipinski definition) is 0. The Hall–Kier alpha value is -4.40. The van der Waals surface area contributed by atoms with Crippen LogP contribution < -0.4 is 10.2 Å². The van der Waals surface area contributed by atoms with Crippen LogP contribution in [0.3, 0.4) is 0 Å². The van der Waals surface area contributed by atoms with Crippen LogP contribution in [0.5, 0.6) is 5.75 Å². The minimum absolute atomic E-state index is 0.00687. The number of carbonyl (C=O) groups is 2. The molecule has 7 nitrogen and oxygen atoms in total. The minimum Gasteiger partial charge on any atom is -0.449 e. The topological polar surface area (TPSA) is 87.5 Å². The molecular weight excluding hydrogens is 434 g/mol. The lowest BCUT2D eigenvalue weighted by molar-refractivity contribution is 0.0734. The maximum atomic E-state index is 14.3. The zero-order valence-corrected chi connectivity index (χ0v) is 17.2. The van der Waals surface area contributed by atoms with Crippen molar-refractivity contribution in [1.29, 1.82) is 0 Å². The maximum absolute atomic E-state index is 14.3. The Balaban J connectivity index is 1.79. The summed E-state index contributed by atoms with van der Waals surface area (Å²) in [5.74, 6) is -2.45. The summed E-state index contributed by atoms with van der Waals surface area (Å²) >= 11 is 0. The number of aromatic nitrogens is 2. The van der Waals surface area contributed by atoms with Gasteiger partial charge in [-0.2, -0.15) is 0 Å². The largest absolute Gasteiger partial charge is 0.449 e. The van der Waals surface area contributed by atoms with Crippen LogP contribution in [0, 0.1) is 11.6 Å². The van der Waals surface area contributed by atoms with Crippen molar-refractivity contribution >= 4 is 23.0 Å². The molecule has 2 aromatic heterocycles. The Bertz CT molecular complexity index is 1420. The van der Waals surface area contributed by atoms with Gasteiger partial charge in [0.2, 0.25) is 0 Å². The minimum atomic E-state index is -1.09. The van der Waals surface area contributed by atoms with Crippen molar-refractivity contribution in [3.05, 3.63) is 94.4 Å². The zero-order valence-electron chi connectivity index (χ0n) is 17.2. The van der Waals surface area contributed by atoms with E-state index in [1.165, 1.54) is 36.7 Å². The van der Waals surface area contributed by atoms with Crippen molar-refractivity contribution in [3.8, 4) is 17.0 Å². The third-order valence-electron chi connectivity index (χ3n) is 4.74. The quantitative estimate of drug-likeness (QED) is 0.335. The number of rotatable bonds is 4. The van der Waals surface area contributed by atoms with Gasteiger partial charge in [0.05, 0.1) is 28.8 Å². The van der Waals surface area contributed by atoms with Gasteiger partial charge in [-0.3, -0.25) is 9.78 Å². The molecule has 2 heterocycles. The molecule has 0 amide bonds. The molecule has 0 N–H and O–H groups in total. The van der Waals surface area contributed by atoms with E-state index in [1.54, 1.807) is 19.1 Å². The first-order valence-corrected chi connectivity index (χ1v) is 9.83. The Morgan fingerprint density at radius 1 is 1.06 bits per heavy atom. The number of nitrogens with zero attached hydrogens (tertiary/aromatic N) is 2. The highest BCUT2D eigenvalue weighted by atomic mass is 19.1. The average Bonchev–Trinajstić information content (AvgIpc) is 2.79. The Morgan fingerprint density at radius 2 is 1.82 bits per heavy atom. The highest BCUT2D eigenvalue weighted by Gasteiger charge is 2.21. The number of halogens is 2. The molecule has 4 aromatic rings. The molecule has 0 saturated carbocycles. The van der Waals surface area contributed by atoms with E-state index < -0.39 is 34.5 Å². The fourth-order valence-corrected chi connectivity index (χ4v) is 3.31. The molecule has 166 valence electrons. The standard InChI is InChI=1S/C24H16F2N2O5/c1-2-32-24(31)28-19(12-21(29)22-18(26)10-16(25)11-20(22)28)14-5-7-17(8-6-14)33-23(30)15-4-3-9-27-13-15/h3-13H,2H2,1H3. The van der Waals surface area contributed by atoms with Crippen molar-refractivity contribution < 1.29 is 27.8 Å². The predicted molar refractivity (Wildman–Crippen MR) is 115 cm³/mol. The van der Waals surface area contributed by atoms with Crippen LogP contribution in [0.4, 0.5) is 13.6 Å². The summed E-state index contributed by atoms with van der Waals surface area (Å²) in [7, 11) is 0. The molecule has 0 unspecified atom stereocenters. The monoisotopic (exact) mass is 450 g/mol. The molecule has 0 fully saturated rings. The first-order valence-electron chi connectivity index (χ1n) is 9.83. The van der Waals surface area contributed by atoms with E-state index in [0.29, 0.717) is 11.6 Å². The third-order valence-corrected chi connectivity index (χ3v) is 4.74. The molecule has 0 saturated heterocycles. The number of ether oxygens (including phenoxy) is 2. The molecule has 0 spiro atoms. The predicted octanol–water partition coefficient (Wildman–Crippen LogP) is 4.57. The van der Waals surface area contributed by atoms with Gasteiger partial charge in [-0.05, 0) is 55.0 Å². The van der Waals surface area contributed by atoms with Gasteiger partial charge in [0.25, 0.3) is 0 Å². The first-order chi connectivity index (χ1) is 15.9. The van der Waals surface area contributed by atoms with Gasteiger partial charge < -0.3 is 9.47 Å². The van der Waals surface area contributed by atoms with Crippen LogP contribution in [0.25, 0.3) is 22.2 Å². The van der Waals surface area contributed by atoms with E-state index in [1.807, 2.05) is 0 Å². The Morgan fingerprint density at radius 3 is 2.48 bits per heavy atom. The van der Waals surface area contributed by atoms with Crippen LogP contribution in [-0.2, 0) is 4.74 Å². The van der Waals surface area contributed by atoms with Crippen molar-refractivity contribution in [2.75, 3.05) is 6.61 Å². The summed E-state index contributed by atoms with van der Waals surface area (Å²) in [5, 5.41) is -0.435. The smallest absolute Gasteiger partial charge is 0.418 e. The van der Waals surface area contributed by atoms with Crippen LogP contribution in [-0.4, -0.2) is 28.2 Å². The number of carbonyl (C=O) groups excluding carboxylic acids is 2. The molecule has 0 aliphatic rings. The SMILES string of the molecule is CCOC(=O)n1c(-c2ccc(OC(=O)c3cccnc3)cc2)cc(=O)c2c(F)cc(F)cc21. The van der Waals surface area contributed by atoms with E-state index in [-0.39, 0.29) is 29.1 Å². The molecule has 0 aliphatic carbocycles. The molecular formula is C24H16F2N2O5. The van der Waals surface area contributed by atoms with E-state index in [2.05, 4.69) is 4.98 Å². The molecule has 4 rings (SSSR count). The molecule has 0 radical (unpaired) electrons. The molecule has 0 atom stereocenters.